The van der Waals surface area contributed by atoms with Crippen molar-refractivity contribution in [2.24, 2.45) is 0 Å². The fraction of sp³-hybridized carbons (Fsp3) is 0.261. The Hall–Kier alpha value is -2.99. The Labute approximate surface area is 178 Å². The van der Waals surface area contributed by atoms with Gasteiger partial charge in [0.05, 0.1) is 18.8 Å². The highest BCUT2D eigenvalue weighted by Crippen LogP contribution is 2.38. The molecule has 1 aromatic heterocycles. The maximum absolute atomic E-state index is 13.3. The number of benzene rings is 2. The molecule has 2 aliphatic heterocycles. The molecule has 1 amide bonds. The van der Waals surface area contributed by atoms with Crippen LogP contribution in [0.15, 0.2) is 54.6 Å². The summed E-state index contributed by atoms with van der Waals surface area (Å²) in [7, 11) is 0. The number of carbonyl (C=O) groups excluding carboxylic acids is 1. The molecule has 0 bridgehead atoms. The molecule has 1 atom stereocenters. The van der Waals surface area contributed by atoms with E-state index in [2.05, 4.69) is 22.3 Å². The molecule has 0 saturated carbocycles. The van der Waals surface area contributed by atoms with Crippen LogP contribution in [0.25, 0.3) is 11.3 Å². The van der Waals surface area contributed by atoms with Crippen molar-refractivity contribution in [2.75, 3.05) is 13.1 Å². The molecule has 3 aromatic rings. The van der Waals surface area contributed by atoms with Gasteiger partial charge in [-0.2, -0.15) is 0 Å². The molecule has 5 rings (SSSR count). The summed E-state index contributed by atoms with van der Waals surface area (Å²) in [6.45, 7) is 2.25. The SMILES string of the molecule is Cc1nnc2n1-c1ccccc1C(c1ccc(Cl)cc1)=C[C@@H]2CC(=O)N1CC(F)C1. The first-order valence-electron chi connectivity index (χ1n) is 9.92. The van der Waals surface area contributed by atoms with Gasteiger partial charge in [0, 0.05) is 22.9 Å². The molecular formula is C23H20ClFN4O. The van der Waals surface area contributed by atoms with E-state index in [1.807, 2.05) is 54.0 Å². The molecule has 7 heteroatoms. The van der Waals surface area contributed by atoms with Crippen LogP contribution in [0.3, 0.4) is 0 Å². The molecule has 1 fully saturated rings. The first kappa shape index (κ1) is 19.0. The van der Waals surface area contributed by atoms with Crippen LogP contribution >= 0.6 is 11.6 Å². The minimum absolute atomic E-state index is 0.0706. The fourth-order valence-electron chi connectivity index (χ4n) is 4.16. The molecule has 5 nitrogen and oxygen atoms in total. The van der Waals surface area contributed by atoms with Crippen LogP contribution in [0.4, 0.5) is 4.39 Å². The van der Waals surface area contributed by atoms with Gasteiger partial charge >= 0.3 is 0 Å². The Balaban J connectivity index is 1.64. The van der Waals surface area contributed by atoms with Crippen molar-refractivity contribution >= 4 is 23.1 Å². The summed E-state index contributed by atoms with van der Waals surface area (Å²) in [4.78, 5) is 14.3. The number of fused-ring (bicyclic) bond motifs is 3. The molecule has 1 saturated heterocycles. The van der Waals surface area contributed by atoms with Gasteiger partial charge in [-0.15, -0.1) is 10.2 Å². The summed E-state index contributed by atoms with van der Waals surface area (Å²) in [5.41, 5.74) is 4.02. The number of aryl methyl sites for hydroxylation is 1. The van der Waals surface area contributed by atoms with Gasteiger partial charge in [-0.1, -0.05) is 48.0 Å². The number of amides is 1. The second-order valence-electron chi connectivity index (χ2n) is 7.75. The normalized spacial score (nSPS) is 18.2. The van der Waals surface area contributed by atoms with Crippen molar-refractivity contribution < 1.29 is 9.18 Å². The third-order valence-electron chi connectivity index (χ3n) is 5.72. The second kappa shape index (κ2) is 7.36. The van der Waals surface area contributed by atoms with Crippen LogP contribution < -0.4 is 0 Å². The number of para-hydroxylation sites is 1. The first-order chi connectivity index (χ1) is 14.5. The zero-order valence-corrected chi connectivity index (χ0v) is 17.2. The topological polar surface area (TPSA) is 51.0 Å². The van der Waals surface area contributed by atoms with Gasteiger partial charge in [0.25, 0.3) is 0 Å². The predicted octanol–water partition coefficient (Wildman–Crippen LogP) is 4.33. The van der Waals surface area contributed by atoms with Gasteiger partial charge in [0.2, 0.25) is 5.91 Å². The van der Waals surface area contributed by atoms with E-state index in [1.165, 1.54) is 0 Å². The van der Waals surface area contributed by atoms with Gasteiger partial charge < -0.3 is 4.90 Å². The number of nitrogens with zero attached hydrogens (tertiary/aromatic N) is 4. The van der Waals surface area contributed by atoms with Crippen LogP contribution in [0, 0.1) is 6.92 Å². The van der Waals surface area contributed by atoms with E-state index in [0.717, 1.165) is 34.0 Å². The Bertz CT molecular complexity index is 1150. The number of hydrogen-bond acceptors (Lipinski definition) is 3. The molecular weight excluding hydrogens is 403 g/mol. The molecule has 0 unspecified atom stereocenters. The minimum atomic E-state index is -0.918. The third-order valence-corrected chi connectivity index (χ3v) is 5.98. The lowest BCUT2D eigenvalue weighted by molar-refractivity contribution is -0.138. The largest absolute Gasteiger partial charge is 0.337 e. The van der Waals surface area contributed by atoms with Crippen molar-refractivity contribution in [3.63, 3.8) is 0 Å². The Kier molecular flexibility index (Phi) is 4.66. The maximum Gasteiger partial charge on any atom is 0.223 e. The van der Waals surface area contributed by atoms with E-state index in [9.17, 15) is 9.18 Å². The van der Waals surface area contributed by atoms with E-state index in [1.54, 1.807) is 4.90 Å². The number of hydrogen-bond donors (Lipinski definition) is 0. The van der Waals surface area contributed by atoms with Crippen molar-refractivity contribution in [1.29, 1.82) is 0 Å². The fourth-order valence-corrected chi connectivity index (χ4v) is 4.28. The van der Waals surface area contributed by atoms with E-state index in [0.29, 0.717) is 5.02 Å². The highest BCUT2D eigenvalue weighted by molar-refractivity contribution is 6.30. The summed E-state index contributed by atoms with van der Waals surface area (Å²) in [5.74, 6) is 1.12. The summed E-state index contributed by atoms with van der Waals surface area (Å²) in [6, 6.07) is 15.7. The minimum Gasteiger partial charge on any atom is -0.337 e. The van der Waals surface area contributed by atoms with E-state index in [-0.39, 0.29) is 31.3 Å². The van der Waals surface area contributed by atoms with Crippen molar-refractivity contribution in [3.05, 3.63) is 82.4 Å². The molecule has 0 N–H and O–H groups in total. The number of aromatic nitrogens is 3. The Morgan fingerprint density at radius 3 is 2.60 bits per heavy atom. The number of carbonyl (C=O) groups is 1. The van der Waals surface area contributed by atoms with Crippen LogP contribution in [-0.2, 0) is 4.79 Å². The van der Waals surface area contributed by atoms with Crippen molar-refractivity contribution in [2.45, 2.75) is 25.4 Å². The average Bonchev–Trinajstić information content (AvgIpc) is 3.04. The highest BCUT2D eigenvalue weighted by Gasteiger charge is 2.34. The predicted molar refractivity (Wildman–Crippen MR) is 113 cm³/mol. The van der Waals surface area contributed by atoms with Gasteiger partial charge in [0.15, 0.2) is 0 Å². The smallest absolute Gasteiger partial charge is 0.223 e. The molecule has 2 aliphatic rings. The van der Waals surface area contributed by atoms with E-state index < -0.39 is 6.17 Å². The number of rotatable bonds is 3. The maximum atomic E-state index is 13.3. The standard InChI is InChI=1S/C23H20ClFN4O/c1-14-26-27-23-16(11-22(30)28-12-18(25)13-28)10-20(15-6-8-17(24)9-7-15)19-4-2-3-5-21(19)29(14)23/h2-10,16,18H,11-13H2,1H3/t16-/m1/s1. The van der Waals surface area contributed by atoms with Crippen LogP contribution in [0.1, 0.15) is 35.1 Å². The summed E-state index contributed by atoms with van der Waals surface area (Å²) < 4.78 is 15.3. The first-order valence-corrected chi connectivity index (χ1v) is 10.3. The van der Waals surface area contributed by atoms with Crippen molar-refractivity contribution in [1.82, 2.24) is 19.7 Å². The number of likely N-dealkylation sites (tertiary alicyclic amines) is 1. The summed E-state index contributed by atoms with van der Waals surface area (Å²) in [6.07, 6.45) is 1.38. The quantitative estimate of drug-likeness (QED) is 0.631. The van der Waals surface area contributed by atoms with Crippen LogP contribution in [0.5, 0.6) is 0 Å². The van der Waals surface area contributed by atoms with Gasteiger partial charge in [-0.3, -0.25) is 9.36 Å². The molecule has 30 heavy (non-hydrogen) atoms. The monoisotopic (exact) mass is 422 g/mol. The Morgan fingerprint density at radius 1 is 1.13 bits per heavy atom. The molecule has 0 aliphatic carbocycles. The number of alkyl halides is 1. The van der Waals surface area contributed by atoms with Crippen LogP contribution in [-0.4, -0.2) is 44.8 Å². The summed E-state index contributed by atoms with van der Waals surface area (Å²) in [5, 5.41) is 9.36. The molecule has 0 radical (unpaired) electrons. The van der Waals surface area contributed by atoms with E-state index >= 15 is 0 Å². The average molecular weight is 423 g/mol. The lowest BCUT2D eigenvalue weighted by Crippen LogP contribution is -2.51. The zero-order valence-electron chi connectivity index (χ0n) is 16.4. The van der Waals surface area contributed by atoms with Gasteiger partial charge in [0.1, 0.15) is 17.8 Å². The third kappa shape index (κ3) is 3.21. The van der Waals surface area contributed by atoms with E-state index in [4.69, 9.17) is 11.6 Å². The molecule has 152 valence electrons. The number of halogens is 2. The molecule has 2 aromatic carbocycles. The number of allylic oxidation sites excluding steroid dienone is 1. The Morgan fingerprint density at radius 2 is 1.87 bits per heavy atom. The van der Waals surface area contributed by atoms with Crippen molar-refractivity contribution in [3.8, 4) is 5.69 Å². The second-order valence-corrected chi connectivity index (χ2v) is 8.19. The lowest BCUT2D eigenvalue weighted by Gasteiger charge is -2.35. The van der Waals surface area contributed by atoms with Gasteiger partial charge in [-0.25, -0.2) is 4.39 Å². The van der Waals surface area contributed by atoms with Crippen LogP contribution in [0.2, 0.25) is 5.02 Å². The lowest BCUT2D eigenvalue weighted by atomic mass is 9.92. The zero-order chi connectivity index (χ0) is 20.8. The molecule has 0 spiro atoms. The van der Waals surface area contributed by atoms with Gasteiger partial charge in [-0.05, 0) is 36.3 Å². The molecule has 3 heterocycles. The highest BCUT2D eigenvalue weighted by atomic mass is 35.5. The summed E-state index contributed by atoms with van der Waals surface area (Å²) >= 11 is 6.10.